The second-order valence-corrected chi connectivity index (χ2v) is 7.25. The summed E-state index contributed by atoms with van der Waals surface area (Å²) >= 11 is 0. The molecular weight excluding hydrogens is 346 g/mol. The number of phenolic OH excluding ortho intramolecular Hbond substituents is 1. The maximum absolute atomic E-state index is 9.78. The summed E-state index contributed by atoms with van der Waals surface area (Å²) in [5, 5.41) is 14.5. The standard InChI is InChI=1S/C25H17NO2/c1-26-21-8-4-2-6-17(21)19-14-20-18-7-3-5-9-22(18)28-25(20)23(24(19)26)15-10-12-16(27)13-11-15/h2-14,27H,1H3. The van der Waals surface area contributed by atoms with E-state index in [-0.39, 0.29) is 5.75 Å². The van der Waals surface area contributed by atoms with E-state index in [4.69, 9.17) is 4.42 Å². The van der Waals surface area contributed by atoms with Crippen molar-refractivity contribution in [2.24, 2.45) is 7.05 Å². The van der Waals surface area contributed by atoms with Crippen LogP contribution in [0.15, 0.2) is 83.3 Å². The number of aromatic hydroxyl groups is 1. The maximum Gasteiger partial charge on any atom is 0.145 e. The molecule has 2 heterocycles. The molecule has 0 fully saturated rings. The van der Waals surface area contributed by atoms with Gasteiger partial charge < -0.3 is 14.1 Å². The summed E-state index contributed by atoms with van der Waals surface area (Å²) in [6, 6.07) is 26.3. The average molecular weight is 363 g/mol. The molecule has 0 saturated heterocycles. The van der Waals surface area contributed by atoms with Gasteiger partial charge in [-0.25, -0.2) is 0 Å². The van der Waals surface area contributed by atoms with Crippen LogP contribution in [0, 0.1) is 0 Å². The lowest BCUT2D eigenvalue weighted by molar-refractivity contribution is 0.475. The number of para-hydroxylation sites is 2. The smallest absolute Gasteiger partial charge is 0.145 e. The molecule has 0 amide bonds. The molecular formula is C25H17NO2. The van der Waals surface area contributed by atoms with Gasteiger partial charge in [-0.3, -0.25) is 0 Å². The summed E-state index contributed by atoms with van der Waals surface area (Å²) in [6.07, 6.45) is 0. The number of hydrogen-bond donors (Lipinski definition) is 1. The molecule has 6 rings (SSSR count). The van der Waals surface area contributed by atoms with E-state index in [1.54, 1.807) is 12.1 Å². The van der Waals surface area contributed by atoms with Crippen molar-refractivity contribution in [2.75, 3.05) is 0 Å². The van der Waals surface area contributed by atoms with Crippen LogP contribution in [0.1, 0.15) is 0 Å². The summed E-state index contributed by atoms with van der Waals surface area (Å²) in [5.41, 5.74) is 6.18. The van der Waals surface area contributed by atoms with Gasteiger partial charge >= 0.3 is 0 Å². The fourth-order valence-electron chi connectivity index (χ4n) is 4.41. The number of phenols is 1. The largest absolute Gasteiger partial charge is 0.508 e. The predicted molar refractivity (Wildman–Crippen MR) is 115 cm³/mol. The Balaban J connectivity index is 1.92. The van der Waals surface area contributed by atoms with Crippen molar-refractivity contribution >= 4 is 43.7 Å². The molecule has 0 radical (unpaired) electrons. The first-order valence-corrected chi connectivity index (χ1v) is 9.33. The average Bonchev–Trinajstić information content (AvgIpc) is 3.24. The van der Waals surface area contributed by atoms with E-state index < -0.39 is 0 Å². The monoisotopic (exact) mass is 363 g/mol. The van der Waals surface area contributed by atoms with Gasteiger partial charge in [0.1, 0.15) is 16.9 Å². The van der Waals surface area contributed by atoms with Crippen LogP contribution in [0.4, 0.5) is 0 Å². The summed E-state index contributed by atoms with van der Waals surface area (Å²) < 4.78 is 8.59. The van der Waals surface area contributed by atoms with Gasteiger partial charge in [0.25, 0.3) is 0 Å². The van der Waals surface area contributed by atoms with Gasteiger partial charge in [0.05, 0.1) is 5.52 Å². The zero-order chi connectivity index (χ0) is 18.8. The number of rotatable bonds is 1. The Bertz CT molecular complexity index is 1520. The highest BCUT2D eigenvalue weighted by Crippen LogP contribution is 2.44. The van der Waals surface area contributed by atoms with Crippen LogP contribution in [0.25, 0.3) is 54.9 Å². The van der Waals surface area contributed by atoms with E-state index in [0.717, 1.165) is 38.6 Å². The SMILES string of the molecule is Cn1c2ccccc2c2cc3c(oc4ccccc43)c(-c3ccc(O)cc3)c21. The lowest BCUT2D eigenvalue weighted by Crippen LogP contribution is -1.90. The highest BCUT2D eigenvalue weighted by atomic mass is 16.3. The molecule has 0 unspecified atom stereocenters. The third-order valence-corrected chi connectivity index (χ3v) is 5.69. The van der Waals surface area contributed by atoms with Crippen molar-refractivity contribution in [3.05, 3.63) is 78.9 Å². The van der Waals surface area contributed by atoms with Crippen molar-refractivity contribution in [3.8, 4) is 16.9 Å². The first-order chi connectivity index (χ1) is 13.7. The van der Waals surface area contributed by atoms with E-state index in [0.29, 0.717) is 0 Å². The van der Waals surface area contributed by atoms with Crippen LogP contribution in [0.2, 0.25) is 0 Å². The summed E-state index contributed by atoms with van der Waals surface area (Å²) in [5.74, 6) is 0.258. The number of hydrogen-bond acceptors (Lipinski definition) is 2. The second kappa shape index (κ2) is 5.40. The lowest BCUT2D eigenvalue weighted by Gasteiger charge is -2.08. The van der Waals surface area contributed by atoms with Gasteiger partial charge in [0.2, 0.25) is 0 Å². The lowest BCUT2D eigenvalue weighted by atomic mass is 9.98. The van der Waals surface area contributed by atoms with E-state index in [1.807, 2.05) is 30.3 Å². The quantitative estimate of drug-likeness (QED) is 0.357. The molecule has 0 aliphatic heterocycles. The van der Waals surface area contributed by atoms with E-state index in [9.17, 15) is 5.11 Å². The topological polar surface area (TPSA) is 38.3 Å². The zero-order valence-corrected chi connectivity index (χ0v) is 15.3. The van der Waals surface area contributed by atoms with Crippen LogP contribution in [0.3, 0.4) is 0 Å². The van der Waals surface area contributed by atoms with Gasteiger partial charge in [-0.05, 0) is 35.9 Å². The molecule has 3 nitrogen and oxygen atoms in total. The molecule has 2 aromatic heterocycles. The number of aryl methyl sites for hydroxylation is 1. The minimum Gasteiger partial charge on any atom is -0.508 e. The first-order valence-electron chi connectivity index (χ1n) is 9.33. The van der Waals surface area contributed by atoms with Gasteiger partial charge in [0.15, 0.2) is 0 Å². The molecule has 1 N–H and O–H groups in total. The van der Waals surface area contributed by atoms with E-state index >= 15 is 0 Å². The predicted octanol–water partition coefficient (Wildman–Crippen LogP) is 6.60. The molecule has 0 bridgehead atoms. The van der Waals surface area contributed by atoms with Gasteiger partial charge in [-0.2, -0.15) is 0 Å². The van der Waals surface area contributed by atoms with Crippen LogP contribution in [0.5, 0.6) is 5.75 Å². The van der Waals surface area contributed by atoms with Gasteiger partial charge in [0, 0.05) is 39.7 Å². The fraction of sp³-hybridized carbons (Fsp3) is 0.0400. The van der Waals surface area contributed by atoms with Crippen LogP contribution < -0.4 is 0 Å². The summed E-state index contributed by atoms with van der Waals surface area (Å²) in [4.78, 5) is 0. The maximum atomic E-state index is 9.78. The zero-order valence-electron chi connectivity index (χ0n) is 15.3. The highest BCUT2D eigenvalue weighted by molar-refractivity contribution is 6.23. The number of nitrogens with zero attached hydrogens (tertiary/aromatic N) is 1. The van der Waals surface area contributed by atoms with Crippen LogP contribution in [-0.2, 0) is 7.05 Å². The molecule has 4 aromatic carbocycles. The minimum absolute atomic E-state index is 0.258. The highest BCUT2D eigenvalue weighted by Gasteiger charge is 2.20. The first kappa shape index (κ1) is 15.3. The molecule has 3 heteroatoms. The summed E-state index contributed by atoms with van der Waals surface area (Å²) in [6.45, 7) is 0. The Hall–Kier alpha value is -3.72. The normalized spacial score (nSPS) is 11.9. The van der Waals surface area contributed by atoms with Crippen molar-refractivity contribution in [2.45, 2.75) is 0 Å². The second-order valence-electron chi connectivity index (χ2n) is 7.25. The number of fused-ring (bicyclic) bond motifs is 6. The minimum atomic E-state index is 0.258. The molecule has 134 valence electrons. The Kier molecular flexibility index (Phi) is 2.96. The molecule has 0 saturated carbocycles. The van der Waals surface area contributed by atoms with Crippen LogP contribution in [-0.4, -0.2) is 9.67 Å². The number of benzene rings is 4. The third kappa shape index (κ3) is 1.93. The number of furan rings is 1. The Morgan fingerprint density at radius 1 is 0.750 bits per heavy atom. The molecule has 0 aliphatic rings. The van der Waals surface area contributed by atoms with Gasteiger partial charge in [-0.15, -0.1) is 0 Å². The van der Waals surface area contributed by atoms with Crippen molar-refractivity contribution in [1.29, 1.82) is 0 Å². The molecule has 0 spiro atoms. The molecule has 0 aliphatic carbocycles. The van der Waals surface area contributed by atoms with Gasteiger partial charge in [-0.1, -0.05) is 48.5 Å². The van der Waals surface area contributed by atoms with E-state index in [1.165, 1.54) is 16.3 Å². The molecule has 0 atom stereocenters. The van der Waals surface area contributed by atoms with Crippen molar-refractivity contribution in [3.63, 3.8) is 0 Å². The summed E-state index contributed by atoms with van der Waals surface area (Å²) in [7, 11) is 2.10. The number of aromatic nitrogens is 1. The fourth-order valence-corrected chi connectivity index (χ4v) is 4.41. The van der Waals surface area contributed by atoms with Crippen molar-refractivity contribution in [1.82, 2.24) is 4.57 Å². The molecule has 28 heavy (non-hydrogen) atoms. The Labute approximate surface area is 161 Å². The van der Waals surface area contributed by atoms with E-state index in [2.05, 4.69) is 48.0 Å². The molecule has 6 aromatic rings. The Morgan fingerprint density at radius 3 is 2.29 bits per heavy atom. The Morgan fingerprint density at radius 2 is 1.46 bits per heavy atom. The van der Waals surface area contributed by atoms with Crippen molar-refractivity contribution < 1.29 is 9.52 Å². The van der Waals surface area contributed by atoms with Crippen LogP contribution >= 0.6 is 0 Å². The third-order valence-electron chi connectivity index (χ3n) is 5.69.